The van der Waals surface area contributed by atoms with Gasteiger partial charge in [0.15, 0.2) is 11.5 Å². The quantitative estimate of drug-likeness (QED) is 0.166. The molecule has 3 aromatic carbocycles. The van der Waals surface area contributed by atoms with E-state index in [0.29, 0.717) is 51.4 Å². The molecule has 3 heterocycles. The Balaban J connectivity index is 1.15. The first-order chi connectivity index (χ1) is 19.5. The molecule has 0 radical (unpaired) electrons. The van der Waals surface area contributed by atoms with E-state index in [1.54, 1.807) is 18.2 Å². The van der Waals surface area contributed by atoms with Gasteiger partial charge in [-0.25, -0.2) is 4.79 Å². The number of ether oxygens (including phenoxy) is 4. The van der Waals surface area contributed by atoms with E-state index in [1.807, 2.05) is 24.3 Å². The van der Waals surface area contributed by atoms with E-state index in [2.05, 4.69) is 27.0 Å². The minimum absolute atomic E-state index is 0.0122. The van der Waals surface area contributed by atoms with Crippen LogP contribution in [0.3, 0.4) is 0 Å². The molecular weight excluding hydrogens is 520 g/mol. The summed E-state index contributed by atoms with van der Waals surface area (Å²) in [7, 11) is 0. The lowest BCUT2D eigenvalue weighted by Crippen LogP contribution is -2.13. The van der Waals surface area contributed by atoms with Crippen LogP contribution in [0.1, 0.15) is 12.0 Å². The van der Waals surface area contributed by atoms with Crippen molar-refractivity contribution in [3.63, 3.8) is 0 Å². The number of carbonyl (C=O) groups excluding carboxylic acids is 2. The lowest BCUT2D eigenvalue weighted by molar-refractivity contribution is -0.149. The number of hydrogen-bond donors (Lipinski definition) is 1. The maximum atomic E-state index is 12.0. The van der Waals surface area contributed by atoms with Crippen LogP contribution in [0.5, 0.6) is 17.2 Å². The fraction of sp³-hybridized carbons (Fsp3) is 0.185. The van der Waals surface area contributed by atoms with Crippen LogP contribution in [0.25, 0.3) is 33.4 Å². The van der Waals surface area contributed by atoms with Crippen LogP contribution < -0.4 is 9.47 Å². The zero-order valence-corrected chi connectivity index (χ0v) is 21.0. The molecule has 0 saturated carbocycles. The average Bonchev–Trinajstić information content (AvgIpc) is 3.70. The summed E-state index contributed by atoms with van der Waals surface area (Å²) in [4.78, 5) is 25.8. The Morgan fingerprint density at radius 1 is 0.875 bits per heavy atom. The van der Waals surface area contributed by atoms with E-state index >= 15 is 0 Å². The minimum Gasteiger partial charge on any atom is -0.505 e. The molecule has 5 aromatic rings. The summed E-state index contributed by atoms with van der Waals surface area (Å²) in [5.74, 6) is -0.0316. The molecule has 0 amide bonds. The Morgan fingerprint density at radius 2 is 1.55 bits per heavy atom. The van der Waals surface area contributed by atoms with E-state index in [0.717, 1.165) is 11.6 Å². The van der Waals surface area contributed by atoms with E-state index < -0.39 is 11.9 Å². The van der Waals surface area contributed by atoms with Crippen LogP contribution in [0.2, 0.25) is 0 Å². The zero-order chi connectivity index (χ0) is 27.6. The third kappa shape index (κ3) is 4.99. The summed E-state index contributed by atoms with van der Waals surface area (Å²) in [6.45, 7) is 3.36. The van der Waals surface area contributed by atoms with Gasteiger partial charge in [0.2, 0.25) is 6.79 Å². The lowest BCUT2D eigenvalue weighted by Gasteiger charge is -2.05. The highest BCUT2D eigenvalue weighted by Crippen LogP contribution is 2.39. The van der Waals surface area contributed by atoms with Gasteiger partial charge in [-0.3, -0.25) is 4.79 Å². The minimum atomic E-state index is -0.565. The number of phenols is 1. The predicted octanol–water partition coefficient (Wildman–Crippen LogP) is 2.79. The lowest BCUT2D eigenvalue weighted by atomic mass is 10.1. The molecule has 0 saturated heterocycles. The number of aromatic nitrogens is 6. The SMILES string of the molecule is C=CC(=O)OCCOC(=O)CCc1ccc2nn(-c3ccc4nn(-c5cc6c(cc5O)OCO6)nc4c3)nc2c1. The molecule has 13 nitrogen and oxygen atoms in total. The maximum absolute atomic E-state index is 12.0. The standard InChI is InChI=1S/C27H22N6O7/c1-2-26(35)37-9-10-38-27(36)8-4-16-3-6-18-20(11-16)30-32(28-18)17-5-7-19-21(12-17)31-33(29-19)22-13-24-25(14-23(22)34)40-15-39-24/h2-3,5-7,11-14,34H,1,4,8-10,15H2. The van der Waals surface area contributed by atoms with Crippen LogP contribution >= 0.6 is 0 Å². The van der Waals surface area contributed by atoms with Crippen LogP contribution in [-0.2, 0) is 25.5 Å². The highest BCUT2D eigenvalue weighted by atomic mass is 16.7. The number of aryl methyl sites for hydroxylation is 1. The van der Waals surface area contributed by atoms with E-state index in [1.165, 1.54) is 15.7 Å². The van der Waals surface area contributed by atoms with Crippen molar-refractivity contribution in [2.24, 2.45) is 0 Å². The largest absolute Gasteiger partial charge is 0.505 e. The predicted molar refractivity (Wildman–Crippen MR) is 140 cm³/mol. The van der Waals surface area contributed by atoms with Crippen molar-refractivity contribution < 1.29 is 33.6 Å². The molecule has 0 spiro atoms. The molecule has 0 fully saturated rings. The number of esters is 2. The zero-order valence-electron chi connectivity index (χ0n) is 21.0. The van der Waals surface area contributed by atoms with Gasteiger partial charge in [-0.05, 0) is 42.3 Å². The number of fused-ring (bicyclic) bond motifs is 3. The average molecular weight is 543 g/mol. The molecule has 0 unspecified atom stereocenters. The number of benzene rings is 3. The first-order valence-corrected chi connectivity index (χ1v) is 12.3. The van der Waals surface area contributed by atoms with Gasteiger partial charge < -0.3 is 24.1 Å². The molecule has 2 aromatic heterocycles. The molecule has 1 aliphatic rings. The molecule has 0 aliphatic carbocycles. The van der Waals surface area contributed by atoms with Gasteiger partial charge in [-0.15, -0.1) is 25.2 Å². The Kier molecular flexibility index (Phi) is 6.44. The van der Waals surface area contributed by atoms with Crippen LogP contribution in [0, 0.1) is 0 Å². The summed E-state index contributed by atoms with van der Waals surface area (Å²) < 4.78 is 20.5. The third-order valence-corrected chi connectivity index (χ3v) is 6.10. The van der Waals surface area contributed by atoms with Gasteiger partial charge in [-0.2, -0.15) is 4.80 Å². The van der Waals surface area contributed by atoms with Gasteiger partial charge in [0.1, 0.15) is 46.7 Å². The second-order valence-corrected chi connectivity index (χ2v) is 8.76. The van der Waals surface area contributed by atoms with Crippen molar-refractivity contribution >= 4 is 34.0 Å². The van der Waals surface area contributed by atoms with E-state index in [-0.39, 0.29) is 32.2 Å². The van der Waals surface area contributed by atoms with Crippen molar-refractivity contribution in [1.29, 1.82) is 0 Å². The molecule has 0 bridgehead atoms. The number of nitrogens with zero attached hydrogens (tertiary/aromatic N) is 6. The Hall–Kier alpha value is -5.46. The van der Waals surface area contributed by atoms with Gasteiger partial charge >= 0.3 is 11.9 Å². The van der Waals surface area contributed by atoms with Crippen LogP contribution in [0.4, 0.5) is 0 Å². The van der Waals surface area contributed by atoms with Gasteiger partial charge in [0.25, 0.3) is 0 Å². The number of phenolic OH excluding ortho intramolecular Hbond substituents is 1. The fourth-order valence-electron chi connectivity index (χ4n) is 4.12. The van der Waals surface area contributed by atoms with Gasteiger partial charge in [0, 0.05) is 24.6 Å². The molecule has 6 rings (SSSR count). The number of carbonyl (C=O) groups is 2. The molecule has 1 aliphatic heterocycles. The fourth-order valence-corrected chi connectivity index (χ4v) is 4.12. The second kappa shape index (κ2) is 10.4. The summed E-state index contributed by atoms with van der Waals surface area (Å²) in [5.41, 5.74) is 4.47. The number of rotatable bonds is 9. The summed E-state index contributed by atoms with van der Waals surface area (Å²) in [6, 6.07) is 14.1. The molecule has 202 valence electrons. The second-order valence-electron chi connectivity index (χ2n) is 8.76. The molecule has 1 N–H and O–H groups in total. The van der Waals surface area contributed by atoms with Crippen LogP contribution in [-0.4, -0.2) is 67.0 Å². The van der Waals surface area contributed by atoms with Gasteiger partial charge in [-0.1, -0.05) is 12.6 Å². The van der Waals surface area contributed by atoms with E-state index in [4.69, 9.17) is 18.9 Å². The first kappa shape index (κ1) is 24.9. The Bertz CT molecular complexity index is 1780. The summed E-state index contributed by atoms with van der Waals surface area (Å²) in [5, 5.41) is 28.5. The molecular formula is C27H22N6O7. The highest BCUT2D eigenvalue weighted by molar-refractivity contribution is 5.81. The third-order valence-electron chi connectivity index (χ3n) is 6.10. The topological polar surface area (TPSA) is 153 Å². The smallest absolute Gasteiger partial charge is 0.330 e. The van der Waals surface area contributed by atoms with Crippen molar-refractivity contribution in [3.8, 4) is 28.6 Å². The van der Waals surface area contributed by atoms with Crippen molar-refractivity contribution in [3.05, 3.63) is 66.7 Å². The summed E-state index contributed by atoms with van der Waals surface area (Å²) in [6.07, 6.45) is 1.67. The normalized spacial score (nSPS) is 12.1. The number of aromatic hydroxyl groups is 1. The number of hydrogen-bond acceptors (Lipinski definition) is 11. The molecule has 40 heavy (non-hydrogen) atoms. The highest BCUT2D eigenvalue weighted by Gasteiger charge is 2.20. The van der Waals surface area contributed by atoms with Crippen molar-refractivity contribution in [1.82, 2.24) is 30.0 Å². The maximum Gasteiger partial charge on any atom is 0.330 e. The molecule has 0 atom stereocenters. The summed E-state index contributed by atoms with van der Waals surface area (Å²) >= 11 is 0. The van der Waals surface area contributed by atoms with Crippen molar-refractivity contribution in [2.45, 2.75) is 12.8 Å². The van der Waals surface area contributed by atoms with E-state index in [9.17, 15) is 14.7 Å². The first-order valence-electron chi connectivity index (χ1n) is 12.3. The van der Waals surface area contributed by atoms with Crippen molar-refractivity contribution in [2.75, 3.05) is 20.0 Å². The monoisotopic (exact) mass is 542 g/mol. The van der Waals surface area contributed by atoms with Crippen LogP contribution in [0.15, 0.2) is 61.2 Å². The Labute approximate surface area is 226 Å². The van der Waals surface area contributed by atoms with Gasteiger partial charge in [0.05, 0.1) is 5.69 Å². The Morgan fingerprint density at radius 3 is 2.38 bits per heavy atom. The molecule has 13 heteroatoms.